The second-order valence-corrected chi connectivity index (χ2v) is 6.48. The Hall–Kier alpha value is -2.76. The zero-order chi connectivity index (χ0) is 18.5. The molecule has 1 aliphatic rings. The van der Waals surface area contributed by atoms with Crippen molar-refractivity contribution in [2.24, 2.45) is 0 Å². The number of pyridine rings is 2. The molecule has 0 saturated heterocycles. The fourth-order valence-electron chi connectivity index (χ4n) is 3.46. The van der Waals surface area contributed by atoms with Crippen LogP contribution in [0.4, 0.5) is 0 Å². The maximum atomic E-state index is 11.5. The predicted octanol–water partition coefficient (Wildman–Crippen LogP) is 3.49. The van der Waals surface area contributed by atoms with Crippen LogP contribution in [0, 0.1) is 0 Å². The highest BCUT2D eigenvalue weighted by atomic mass is 16.5. The van der Waals surface area contributed by atoms with Gasteiger partial charge in [-0.15, -0.1) is 0 Å². The third-order valence-electron chi connectivity index (χ3n) is 4.98. The van der Waals surface area contributed by atoms with Gasteiger partial charge in [0.05, 0.1) is 25.3 Å². The van der Waals surface area contributed by atoms with Gasteiger partial charge in [0.25, 0.3) is 0 Å². The SMILES string of the molecule is COC(=O)c1ccc(C2CCC(c3ccc(C(=O)OC)cn3)CC2)nc1. The number of hydrogen-bond acceptors (Lipinski definition) is 6. The van der Waals surface area contributed by atoms with E-state index >= 15 is 0 Å². The highest BCUT2D eigenvalue weighted by Crippen LogP contribution is 2.39. The normalized spacial score (nSPS) is 19.6. The number of rotatable bonds is 4. The zero-order valence-electron chi connectivity index (χ0n) is 15.0. The molecule has 136 valence electrons. The number of esters is 2. The molecule has 3 rings (SSSR count). The van der Waals surface area contributed by atoms with Gasteiger partial charge in [-0.05, 0) is 49.9 Å². The van der Waals surface area contributed by atoms with E-state index in [9.17, 15) is 9.59 Å². The molecule has 0 atom stereocenters. The summed E-state index contributed by atoms with van der Waals surface area (Å²) in [7, 11) is 2.73. The molecular weight excluding hydrogens is 332 g/mol. The lowest BCUT2D eigenvalue weighted by molar-refractivity contribution is 0.0591. The largest absolute Gasteiger partial charge is 0.465 e. The molecule has 0 aliphatic heterocycles. The van der Waals surface area contributed by atoms with Gasteiger partial charge in [-0.1, -0.05) is 0 Å². The van der Waals surface area contributed by atoms with E-state index in [1.54, 1.807) is 24.5 Å². The van der Waals surface area contributed by atoms with E-state index in [2.05, 4.69) is 9.97 Å². The molecule has 6 heteroatoms. The Labute approximate surface area is 152 Å². The van der Waals surface area contributed by atoms with Crippen LogP contribution in [-0.2, 0) is 9.47 Å². The summed E-state index contributed by atoms with van der Waals surface area (Å²) in [5, 5.41) is 0. The summed E-state index contributed by atoms with van der Waals surface area (Å²) in [6.45, 7) is 0. The third kappa shape index (κ3) is 3.90. The van der Waals surface area contributed by atoms with E-state index in [0.717, 1.165) is 37.1 Å². The second kappa shape index (κ2) is 8.08. The van der Waals surface area contributed by atoms with E-state index in [0.29, 0.717) is 23.0 Å². The summed E-state index contributed by atoms with van der Waals surface area (Å²) >= 11 is 0. The Morgan fingerprint density at radius 1 is 0.769 bits per heavy atom. The van der Waals surface area contributed by atoms with Crippen LogP contribution >= 0.6 is 0 Å². The number of carbonyl (C=O) groups excluding carboxylic acids is 2. The van der Waals surface area contributed by atoms with Crippen LogP contribution in [0.15, 0.2) is 36.7 Å². The summed E-state index contributed by atoms with van der Waals surface area (Å²) in [4.78, 5) is 31.9. The van der Waals surface area contributed by atoms with Crippen molar-refractivity contribution in [1.29, 1.82) is 0 Å². The van der Waals surface area contributed by atoms with E-state index in [4.69, 9.17) is 9.47 Å². The van der Waals surface area contributed by atoms with E-state index in [1.165, 1.54) is 14.2 Å². The Morgan fingerprint density at radius 2 is 1.15 bits per heavy atom. The molecule has 1 fully saturated rings. The molecule has 26 heavy (non-hydrogen) atoms. The van der Waals surface area contributed by atoms with Crippen LogP contribution in [-0.4, -0.2) is 36.1 Å². The van der Waals surface area contributed by atoms with Crippen LogP contribution in [0.1, 0.15) is 69.6 Å². The van der Waals surface area contributed by atoms with Crippen molar-refractivity contribution in [1.82, 2.24) is 9.97 Å². The quantitative estimate of drug-likeness (QED) is 0.782. The highest BCUT2D eigenvalue weighted by Gasteiger charge is 2.25. The maximum Gasteiger partial charge on any atom is 0.339 e. The first-order chi connectivity index (χ1) is 12.6. The Morgan fingerprint density at radius 3 is 1.42 bits per heavy atom. The number of nitrogens with zero attached hydrogens (tertiary/aromatic N) is 2. The van der Waals surface area contributed by atoms with Crippen molar-refractivity contribution in [2.75, 3.05) is 14.2 Å². The fraction of sp³-hybridized carbons (Fsp3) is 0.400. The highest BCUT2D eigenvalue weighted by molar-refractivity contribution is 5.89. The van der Waals surface area contributed by atoms with Crippen LogP contribution in [0.25, 0.3) is 0 Å². The van der Waals surface area contributed by atoms with Gasteiger partial charge in [-0.3, -0.25) is 9.97 Å². The number of carbonyl (C=O) groups is 2. The Balaban J connectivity index is 1.60. The molecule has 2 heterocycles. The number of aromatic nitrogens is 2. The Bertz CT molecular complexity index is 696. The van der Waals surface area contributed by atoms with Gasteiger partial charge in [0, 0.05) is 35.6 Å². The van der Waals surface area contributed by atoms with Gasteiger partial charge >= 0.3 is 11.9 Å². The average Bonchev–Trinajstić information content (AvgIpc) is 2.73. The van der Waals surface area contributed by atoms with Crippen molar-refractivity contribution in [3.05, 3.63) is 59.2 Å². The minimum absolute atomic E-state index is 0.366. The molecule has 0 radical (unpaired) electrons. The number of ether oxygens (including phenoxy) is 2. The van der Waals surface area contributed by atoms with E-state index in [1.807, 2.05) is 12.1 Å². The molecule has 0 unspecified atom stereocenters. The molecule has 0 amide bonds. The van der Waals surface area contributed by atoms with Crippen LogP contribution < -0.4 is 0 Å². The average molecular weight is 354 g/mol. The molecule has 2 aromatic heterocycles. The zero-order valence-corrected chi connectivity index (χ0v) is 15.0. The smallest absolute Gasteiger partial charge is 0.339 e. The van der Waals surface area contributed by atoms with Gasteiger partial charge in [0.1, 0.15) is 0 Å². The molecule has 0 aromatic carbocycles. The van der Waals surface area contributed by atoms with E-state index < -0.39 is 0 Å². The van der Waals surface area contributed by atoms with Crippen LogP contribution in [0.5, 0.6) is 0 Å². The van der Waals surface area contributed by atoms with Gasteiger partial charge in [-0.2, -0.15) is 0 Å². The minimum Gasteiger partial charge on any atom is -0.465 e. The molecule has 1 aliphatic carbocycles. The summed E-state index contributed by atoms with van der Waals surface area (Å²) in [6.07, 6.45) is 7.26. The van der Waals surface area contributed by atoms with Crippen LogP contribution in [0.2, 0.25) is 0 Å². The van der Waals surface area contributed by atoms with Crippen molar-refractivity contribution < 1.29 is 19.1 Å². The van der Waals surface area contributed by atoms with Crippen molar-refractivity contribution in [3.63, 3.8) is 0 Å². The summed E-state index contributed by atoms with van der Waals surface area (Å²) in [5.74, 6) is 0.0584. The molecule has 1 saturated carbocycles. The Kier molecular flexibility index (Phi) is 5.61. The van der Waals surface area contributed by atoms with Crippen molar-refractivity contribution >= 4 is 11.9 Å². The van der Waals surface area contributed by atoms with Crippen molar-refractivity contribution in [2.45, 2.75) is 37.5 Å². The van der Waals surface area contributed by atoms with Gasteiger partial charge in [-0.25, -0.2) is 9.59 Å². The molecule has 6 nitrogen and oxygen atoms in total. The van der Waals surface area contributed by atoms with Gasteiger partial charge in [0.15, 0.2) is 0 Å². The molecule has 0 N–H and O–H groups in total. The first kappa shape index (κ1) is 18.0. The maximum absolute atomic E-state index is 11.5. The lowest BCUT2D eigenvalue weighted by Crippen LogP contribution is -2.15. The molecule has 2 aromatic rings. The number of methoxy groups -OCH3 is 2. The molecular formula is C20H22N2O4. The lowest BCUT2D eigenvalue weighted by Gasteiger charge is -2.28. The van der Waals surface area contributed by atoms with Gasteiger partial charge < -0.3 is 9.47 Å². The first-order valence-electron chi connectivity index (χ1n) is 8.71. The van der Waals surface area contributed by atoms with E-state index in [-0.39, 0.29) is 11.9 Å². The lowest BCUT2D eigenvalue weighted by atomic mass is 9.79. The second-order valence-electron chi connectivity index (χ2n) is 6.48. The summed E-state index contributed by atoms with van der Waals surface area (Å²) in [6, 6.07) is 7.38. The summed E-state index contributed by atoms with van der Waals surface area (Å²) < 4.78 is 9.40. The monoisotopic (exact) mass is 354 g/mol. The van der Waals surface area contributed by atoms with Crippen LogP contribution in [0.3, 0.4) is 0 Å². The molecule has 0 spiro atoms. The topological polar surface area (TPSA) is 78.4 Å². The predicted molar refractivity (Wildman–Crippen MR) is 95.1 cm³/mol. The first-order valence-corrected chi connectivity index (χ1v) is 8.71. The van der Waals surface area contributed by atoms with Crippen molar-refractivity contribution in [3.8, 4) is 0 Å². The summed E-state index contributed by atoms with van der Waals surface area (Å²) in [5.41, 5.74) is 2.98. The standard InChI is InChI=1S/C20H22N2O4/c1-25-19(23)15-7-9-17(21-11-15)13-3-5-14(6-4-13)18-10-8-16(12-22-18)20(24)26-2/h7-14H,3-6H2,1-2H3. The molecule has 0 bridgehead atoms. The minimum atomic E-state index is -0.366. The number of hydrogen-bond donors (Lipinski definition) is 0. The van der Waals surface area contributed by atoms with Gasteiger partial charge in [0.2, 0.25) is 0 Å². The third-order valence-corrected chi connectivity index (χ3v) is 4.98. The fourth-order valence-corrected chi connectivity index (χ4v) is 3.46.